The van der Waals surface area contributed by atoms with E-state index in [4.69, 9.17) is 11.1 Å². The van der Waals surface area contributed by atoms with Gasteiger partial charge in [-0.25, -0.2) is 4.98 Å². The molecule has 0 aliphatic rings. The minimum atomic E-state index is -0.00753. The second kappa shape index (κ2) is 7.42. The van der Waals surface area contributed by atoms with Crippen LogP contribution in [0.1, 0.15) is 16.7 Å². The van der Waals surface area contributed by atoms with Crippen molar-refractivity contribution in [1.82, 2.24) is 4.98 Å². The second-order valence-electron chi connectivity index (χ2n) is 5.61. The molecule has 0 atom stereocenters. The second-order valence-corrected chi connectivity index (χ2v) is 5.61. The first kappa shape index (κ1) is 15.7. The number of hydrogen-bond donors (Lipinski definition) is 2. The van der Waals surface area contributed by atoms with Gasteiger partial charge in [-0.2, -0.15) is 0 Å². The largest absolute Gasteiger partial charge is 0.370 e. The lowest BCUT2D eigenvalue weighted by molar-refractivity contribution is 0.940. The van der Waals surface area contributed by atoms with Gasteiger partial charge in [0, 0.05) is 12.6 Å². The Labute approximate surface area is 142 Å². The van der Waals surface area contributed by atoms with Crippen molar-refractivity contribution in [3.05, 3.63) is 95.7 Å². The van der Waals surface area contributed by atoms with Gasteiger partial charge >= 0.3 is 0 Å². The van der Waals surface area contributed by atoms with Crippen molar-refractivity contribution >= 4 is 11.8 Å². The number of anilines is 1. The minimum Gasteiger partial charge on any atom is -0.370 e. The molecule has 3 N–H and O–H groups in total. The number of rotatable bonds is 5. The van der Waals surface area contributed by atoms with Crippen molar-refractivity contribution in [2.24, 2.45) is 5.73 Å². The van der Waals surface area contributed by atoms with Crippen LogP contribution >= 0.6 is 0 Å². The fourth-order valence-corrected chi connectivity index (χ4v) is 2.67. The van der Waals surface area contributed by atoms with Crippen LogP contribution in [-0.4, -0.2) is 10.9 Å². The fraction of sp³-hybridized carbons (Fsp3) is 0.100. The van der Waals surface area contributed by atoms with Crippen LogP contribution in [0.5, 0.6) is 0 Å². The predicted molar refractivity (Wildman–Crippen MR) is 98.0 cm³/mol. The molecule has 0 unspecified atom stereocenters. The number of guanidine groups is 1. The first-order valence-corrected chi connectivity index (χ1v) is 7.87. The highest BCUT2D eigenvalue weighted by molar-refractivity contribution is 5.92. The highest BCUT2D eigenvalue weighted by Gasteiger charge is 2.16. The van der Waals surface area contributed by atoms with Gasteiger partial charge < -0.3 is 5.73 Å². The third kappa shape index (κ3) is 3.79. The van der Waals surface area contributed by atoms with E-state index in [1.54, 1.807) is 11.1 Å². The molecule has 1 heterocycles. The van der Waals surface area contributed by atoms with Crippen molar-refractivity contribution in [3.63, 3.8) is 0 Å². The van der Waals surface area contributed by atoms with E-state index in [0.717, 1.165) is 23.4 Å². The molecule has 0 amide bonds. The van der Waals surface area contributed by atoms with Gasteiger partial charge in [-0.05, 0) is 22.8 Å². The van der Waals surface area contributed by atoms with E-state index in [9.17, 15) is 0 Å². The van der Waals surface area contributed by atoms with E-state index < -0.39 is 0 Å². The Morgan fingerprint density at radius 2 is 1.50 bits per heavy atom. The number of nitrogens with zero attached hydrogens (tertiary/aromatic N) is 2. The van der Waals surface area contributed by atoms with Gasteiger partial charge in [0.25, 0.3) is 0 Å². The fourth-order valence-electron chi connectivity index (χ4n) is 2.67. The minimum absolute atomic E-state index is 0.00753. The lowest BCUT2D eigenvalue weighted by Crippen LogP contribution is -2.37. The molecule has 24 heavy (non-hydrogen) atoms. The summed E-state index contributed by atoms with van der Waals surface area (Å²) in [5, 5.41) is 7.98. The summed E-state index contributed by atoms with van der Waals surface area (Å²) in [7, 11) is 0. The average molecular weight is 316 g/mol. The molecule has 120 valence electrons. The third-order valence-corrected chi connectivity index (χ3v) is 3.83. The molecule has 0 radical (unpaired) electrons. The maximum Gasteiger partial charge on any atom is 0.194 e. The van der Waals surface area contributed by atoms with E-state index in [0.29, 0.717) is 6.54 Å². The highest BCUT2D eigenvalue weighted by Crippen LogP contribution is 2.22. The summed E-state index contributed by atoms with van der Waals surface area (Å²) in [6.07, 6.45) is 2.49. The molecule has 0 aliphatic heterocycles. The van der Waals surface area contributed by atoms with Gasteiger partial charge in [-0.15, -0.1) is 0 Å². The van der Waals surface area contributed by atoms with Crippen molar-refractivity contribution < 1.29 is 0 Å². The van der Waals surface area contributed by atoms with Crippen LogP contribution in [0.2, 0.25) is 0 Å². The SMILES string of the molecule is N=C(N)N(Cc1ccccc1)c1ncccc1Cc1ccccc1. The first-order chi connectivity index (χ1) is 11.7. The van der Waals surface area contributed by atoms with E-state index in [2.05, 4.69) is 17.1 Å². The Bertz CT molecular complexity index is 800. The smallest absolute Gasteiger partial charge is 0.194 e. The Kier molecular flexibility index (Phi) is 4.87. The van der Waals surface area contributed by atoms with E-state index in [1.165, 1.54) is 5.56 Å². The summed E-state index contributed by atoms with van der Waals surface area (Å²) in [6.45, 7) is 0.523. The number of pyridine rings is 1. The summed E-state index contributed by atoms with van der Waals surface area (Å²) in [5.41, 5.74) is 9.19. The Hall–Kier alpha value is -3.14. The number of nitrogens with one attached hydrogen (secondary N) is 1. The summed E-state index contributed by atoms with van der Waals surface area (Å²) in [4.78, 5) is 6.24. The molecule has 0 fully saturated rings. The molecule has 0 saturated carbocycles. The molecule has 0 aliphatic carbocycles. The molecule has 4 heteroatoms. The van der Waals surface area contributed by atoms with Gasteiger partial charge in [0.15, 0.2) is 5.96 Å². The molecule has 4 nitrogen and oxygen atoms in total. The third-order valence-electron chi connectivity index (χ3n) is 3.83. The number of hydrogen-bond acceptors (Lipinski definition) is 2. The first-order valence-electron chi connectivity index (χ1n) is 7.87. The summed E-state index contributed by atoms with van der Waals surface area (Å²) >= 11 is 0. The number of benzene rings is 2. The monoisotopic (exact) mass is 316 g/mol. The van der Waals surface area contributed by atoms with Gasteiger partial charge in [-0.1, -0.05) is 66.7 Å². The molecule has 3 aromatic rings. The van der Waals surface area contributed by atoms with Crippen molar-refractivity contribution in [1.29, 1.82) is 5.41 Å². The Balaban J connectivity index is 1.92. The quantitative estimate of drug-likeness (QED) is 0.558. The van der Waals surface area contributed by atoms with E-state index in [1.807, 2.05) is 60.7 Å². The van der Waals surface area contributed by atoms with Crippen LogP contribution in [0.4, 0.5) is 5.82 Å². The van der Waals surface area contributed by atoms with Gasteiger partial charge in [0.2, 0.25) is 0 Å². The number of nitrogens with two attached hydrogens (primary N) is 1. The molecule has 3 rings (SSSR count). The molecular formula is C20H20N4. The topological polar surface area (TPSA) is 66.0 Å². The molecule has 0 bridgehead atoms. The van der Waals surface area contributed by atoms with Crippen LogP contribution < -0.4 is 10.6 Å². The van der Waals surface area contributed by atoms with Crippen LogP contribution in [-0.2, 0) is 13.0 Å². The molecule has 1 aromatic heterocycles. The summed E-state index contributed by atoms with van der Waals surface area (Å²) in [5.74, 6) is 0.726. The maximum absolute atomic E-state index is 7.98. The zero-order valence-corrected chi connectivity index (χ0v) is 13.4. The predicted octanol–water partition coefficient (Wildman–Crippen LogP) is 3.57. The van der Waals surface area contributed by atoms with Gasteiger partial charge in [0.05, 0.1) is 6.54 Å². The molecular weight excluding hydrogens is 296 g/mol. The normalized spacial score (nSPS) is 10.3. The lowest BCUT2D eigenvalue weighted by atomic mass is 10.1. The summed E-state index contributed by atoms with van der Waals surface area (Å²) < 4.78 is 0. The summed E-state index contributed by atoms with van der Waals surface area (Å²) in [6, 6.07) is 24.2. The molecule has 0 saturated heterocycles. The Morgan fingerprint density at radius 3 is 2.12 bits per heavy atom. The van der Waals surface area contributed by atoms with Gasteiger partial charge in [-0.3, -0.25) is 10.3 Å². The van der Waals surface area contributed by atoms with Crippen molar-refractivity contribution in [2.75, 3.05) is 4.90 Å². The van der Waals surface area contributed by atoms with Crippen LogP contribution in [0, 0.1) is 5.41 Å². The zero-order chi connectivity index (χ0) is 16.8. The maximum atomic E-state index is 7.98. The van der Waals surface area contributed by atoms with Crippen LogP contribution in [0.3, 0.4) is 0 Å². The molecule has 0 spiro atoms. The Morgan fingerprint density at radius 1 is 0.875 bits per heavy atom. The average Bonchev–Trinajstić information content (AvgIpc) is 2.62. The lowest BCUT2D eigenvalue weighted by Gasteiger charge is -2.24. The van der Waals surface area contributed by atoms with Crippen molar-refractivity contribution in [3.8, 4) is 0 Å². The zero-order valence-electron chi connectivity index (χ0n) is 13.4. The van der Waals surface area contributed by atoms with Gasteiger partial charge in [0.1, 0.15) is 5.82 Å². The highest BCUT2D eigenvalue weighted by atomic mass is 15.3. The molecule has 2 aromatic carbocycles. The number of aromatic nitrogens is 1. The van der Waals surface area contributed by atoms with E-state index >= 15 is 0 Å². The standard InChI is InChI=1S/C20H20N4/c21-20(22)24(15-17-10-5-2-6-11-17)19-18(12-7-13-23-19)14-16-8-3-1-4-9-16/h1-13H,14-15H2,(H3,21,22). The van der Waals surface area contributed by atoms with E-state index in [-0.39, 0.29) is 5.96 Å². The van der Waals surface area contributed by atoms with Crippen LogP contribution in [0.15, 0.2) is 79.0 Å². The van der Waals surface area contributed by atoms with Crippen molar-refractivity contribution in [2.45, 2.75) is 13.0 Å². The van der Waals surface area contributed by atoms with Crippen LogP contribution in [0.25, 0.3) is 0 Å².